The lowest BCUT2D eigenvalue weighted by Gasteiger charge is -2.23. The van der Waals surface area contributed by atoms with Gasteiger partial charge >= 0.3 is 5.97 Å². The maximum atomic E-state index is 10.7. The molecule has 1 aliphatic heterocycles. The van der Waals surface area contributed by atoms with Crippen molar-refractivity contribution in [2.24, 2.45) is 5.92 Å². The molecular weight excluding hydrogens is 154 g/mol. The van der Waals surface area contributed by atoms with E-state index in [-0.39, 0.29) is 0 Å². The highest BCUT2D eigenvalue weighted by Gasteiger charge is 2.38. The Morgan fingerprint density at radius 3 is 2.83 bits per heavy atom. The number of fused-ring (bicyclic) bond motifs is 1. The average molecular weight is 168 g/mol. The largest absolute Gasteiger partial charge is 0.480 e. The molecule has 12 heavy (non-hydrogen) atoms. The number of hydrogen-bond acceptors (Lipinski definition) is 2. The Morgan fingerprint density at radius 1 is 1.42 bits per heavy atom. The van der Waals surface area contributed by atoms with Gasteiger partial charge in [-0.05, 0) is 25.2 Å². The predicted molar refractivity (Wildman–Crippen MR) is 44.6 cm³/mol. The molecule has 3 heteroatoms. The highest BCUT2D eigenvalue weighted by atomic mass is 16.4. The van der Waals surface area contributed by atoms with Crippen molar-refractivity contribution in [3.63, 3.8) is 0 Å². The van der Waals surface area contributed by atoms with Gasteiger partial charge < -0.3 is 10.4 Å². The molecule has 3 unspecified atom stereocenters. The molecule has 2 fully saturated rings. The van der Waals surface area contributed by atoms with Gasteiger partial charge in [0.1, 0.15) is 6.04 Å². The number of rotatable bonds is 1. The molecule has 1 heterocycles. The van der Waals surface area contributed by atoms with Gasteiger partial charge in [-0.2, -0.15) is 0 Å². The van der Waals surface area contributed by atoms with E-state index < -0.39 is 12.0 Å². The van der Waals surface area contributed by atoms with Gasteiger partial charge in [-0.3, -0.25) is 4.79 Å². The Balaban J connectivity index is 1.98. The molecule has 67 valence electrons. The van der Waals surface area contributed by atoms with Crippen LogP contribution < -0.4 is 5.32 Å². The summed E-state index contributed by atoms with van der Waals surface area (Å²) in [6, 6.07) is 0.0537. The van der Waals surface area contributed by atoms with Crippen molar-refractivity contribution in [2.45, 2.75) is 37.8 Å². The van der Waals surface area contributed by atoms with Crippen molar-refractivity contribution < 1.29 is 9.90 Å². The number of nitrogens with one attached hydrogen (secondary N) is 1. The maximum Gasteiger partial charge on any atom is 0.321 e. The number of carboxylic acids is 1. The topological polar surface area (TPSA) is 49.3 Å². The van der Waals surface area contributed by atoms with Crippen LogP contribution in [0.5, 0.6) is 0 Å². The van der Waals surface area contributed by atoms with Crippen LogP contribution >= 0.6 is 0 Å². The smallest absolute Gasteiger partial charge is 0.321 e. The van der Waals surface area contributed by atoms with Crippen molar-refractivity contribution in [2.75, 3.05) is 0 Å². The van der Waals surface area contributed by atoms with Crippen LogP contribution in [0.4, 0.5) is 0 Å². The van der Waals surface area contributed by atoms with E-state index in [4.69, 9.17) is 5.11 Å². The lowest BCUT2D eigenvalue weighted by molar-refractivity contribution is -0.138. The lowest BCUT2D eigenvalue weighted by Crippen LogP contribution is -2.36. The fourth-order valence-corrected chi connectivity index (χ4v) is 2.28. The molecule has 3 atom stereocenters. The van der Waals surface area contributed by atoms with Gasteiger partial charge in [-0.15, -0.1) is 0 Å². The van der Waals surface area contributed by atoms with Crippen molar-refractivity contribution in [1.82, 2.24) is 5.32 Å². The molecule has 0 bridgehead atoms. The van der Waals surface area contributed by atoms with Crippen LogP contribution in [0.15, 0.2) is 0 Å². The molecule has 1 saturated heterocycles. The van der Waals surface area contributed by atoms with E-state index in [1.807, 2.05) is 6.42 Å². The maximum absolute atomic E-state index is 10.7. The summed E-state index contributed by atoms with van der Waals surface area (Å²) in [6.45, 7) is 0. The van der Waals surface area contributed by atoms with Gasteiger partial charge in [0.25, 0.3) is 0 Å². The zero-order valence-corrected chi connectivity index (χ0v) is 6.99. The second-order valence-electron chi connectivity index (χ2n) is 3.73. The highest BCUT2D eigenvalue weighted by molar-refractivity contribution is 5.76. The minimum absolute atomic E-state index is 0.391. The van der Waals surface area contributed by atoms with Gasteiger partial charge in [0, 0.05) is 6.04 Å². The molecule has 0 amide bonds. The van der Waals surface area contributed by atoms with Crippen LogP contribution in [0.2, 0.25) is 0 Å². The molecule has 0 spiro atoms. The predicted octanol–water partition coefficient (Wildman–Crippen LogP) is 0.806. The van der Waals surface area contributed by atoms with Crippen molar-refractivity contribution in [1.29, 1.82) is 0 Å². The fourth-order valence-electron chi connectivity index (χ4n) is 2.28. The molecule has 1 aliphatic carbocycles. The summed E-state index contributed by atoms with van der Waals surface area (Å²) in [5.41, 5.74) is 0. The third-order valence-electron chi connectivity index (χ3n) is 2.92. The standard InChI is InChI=1S/C9H14NO2/c11-9(12)8-5-6-3-1-2-4-7(6)10-8/h5-8,10H,1-4H2,(H,11,12). The summed E-state index contributed by atoms with van der Waals surface area (Å²) >= 11 is 0. The fraction of sp³-hybridized carbons (Fsp3) is 0.778. The lowest BCUT2D eigenvalue weighted by atomic mass is 9.85. The first kappa shape index (κ1) is 8.05. The van der Waals surface area contributed by atoms with Crippen molar-refractivity contribution in [3.05, 3.63) is 6.42 Å². The normalized spacial score (nSPS) is 40.8. The van der Waals surface area contributed by atoms with Gasteiger partial charge in [-0.25, -0.2) is 0 Å². The third kappa shape index (κ3) is 1.33. The molecule has 2 N–H and O–H groups in total. The summed E-state index contributed by atoms with van der Waals surface area (Å²) in [4.78, 5) is 10.7. The molecule has 0 aromatic carbocycles. The zero-order chi connectivity index (χ0) is 8.55. The highest BCUT2D eigenvalue weighted by Crippen LogP contribution is 2.32. The molecule has 1 saturated carbocycles. The summed E-state index contributed by atoms with van der Waals surface area (Å²) in [7, 11) is 0. The van der Waals surface area contributed by atoms with E-state index in [1.165, 1.54) is 19.3 Å². The van der Waals surface area contributed by atoms with Gasteiger partial charge in [0.15, 0.2) is 0 Å². The van der Waals surface area contributed by atoms with E-state index in [0.29, 0.717) is 12.0 Å². The van der Waals surface area contributed by atoms with Crippen LogP contribution in [0.1, 0.15) is 25.7 Å². The average Bonchev–Trinajstić information content (AvgIpc) is 2.46. The minimum atomic E-state index is -0.732. The first-order valence-corrected chi connectivity index (χ1v) is 4.61. The quantitative estimate of drug-likeness (QED) is 0.609. The van der Waals surface area contributed by atoms with E-state index >= 15 is 0 Å². The Hall–Kier alpha value is -0.570. The first-order valence-electron chi connectivity index (χ1n) is 4.61. The zero-order valence-electron chi connectivity index (χ0n) is 6.99. The van der Waals surface area contributed by atoms with Gasteiger partial charge in [0.05, 0.1) is 0 Å². The summed E-state index contributed by atoms with van der Waals surface area (Å²) < 4.78 is 0. The van der Waals surface area contributed by atoms with Crippen LogP contribution in [0, 0.1) is 12.3 Å². The Bertz CT molecular complexity index is 179. The second kappa shape index (κ2) is 3.05. The summed E-state index contributed by atoms with van der Waals surface area (Å²) in [5.74, 6) is -0.218. The van der Waals surface area contributed by atoms with E-state index in [1.54, 1.807) is 0 Å². The Morgan fingerprint density at radius 2 is 2.17 bits per heavy atom. The molecule has 0 aromatic heterocycles. The minimum Gasteiger partial charge on any atom is -0.480 e. The third-order valence-corrected chi connectivity index (χ3v) is 2.92. The van der Waals surface area contributed by atoms with E-state index in [2.05, 4.69) is 5.32 Å². The molecule has 3 nitrogen and oxygen atoms in total. The van der Waals surface area contributed by atoms with Crippen LogP contribution in [0.25, 0.3) is 0 Å². The number of carboxylic acid groups (broad SMARTS) is 1. The molecule has 2 aliphatic rings. The molecule has 1 radical (unpaired) electrons. The van der Waals surface area contributed by atoms with Crippen LogP contribution in [-0.4, -0.2) is 23.2 Å². The monoisotopic (exact) mass is 168 g/mol. The molecule has 0 aromatic rings. The summed E-state index contributed by atoms with van der Waals surface area (Å²) in [6.07, 6.45) is 6.78. The Kier molecular flexibility index (Phi) is 2.05. The van der Waals surface area contributed by atoms with Gasteiger partial charge in [0.2, 0.25) is 0 Å². The van der Waals surface area contributed by atoms with Crippen LogP contribution in [-0.2, 0) is 4.79 Å². The number of carbonyl (C=O) groups is 1. The Labute approximate surface area is 72.2 Å². The molecule has 2 rings (SSSR count). The van der Waals surface area contributed by atoms with Crippen molar-refractivity contribution >= 4 is 5.97 Å². The molecular formula is C9H14NO2. The second-order valence-corrected chi connectivity index (χ2v) is 3.73. The van der Waals surface area contributed by atoms with Gasteiger partial charge in [-0.1, -0.05) is 12.8 Å². The number of aliphatic carboxylic acids is 1. The SMILES string of the molecule is O=C(O)C1[CH]C2CCCCC2N1. The van der Waals surface area contributed by atoms with E-state index in [0.717, 1.165) is 6.42 Å². The van der Waals surface area contributed by atoms with E-state index in [9.17, 15) is 4.79 Å². The summed E-state index contributed by atoms with van der Waals surface area (Å²) in [5, 5.41) is 11.9. The number of hydrogen-bond donors (Lipinski definition) is 2. The van der Waals surface area contributed by atoms with Crippen LogP contribution in [0.3, 0.4) is 0 Å². The first-order chi connectivity index (χ1) is 5.77. The van der Waals surface area contributed by atoms with Crippen molar-refractivity contribution in [3.8, 4) is 0 Å².